The van der Waals surface area contributed by atoms with Gasteiger partial charge in [-0.3, -0.25) is 9.59 Å². The average Bonchev–Trinajstić information content (AvgIpc) is 3.18. The molecule has 0 spiro atoms. The summed E-state index contributed by atoms with van der Waals surface area (Å²) < 4.78 is 0. The molecule has 3 aliphatic heterocycles. The summed E-state index contributed by atoms with van der Waals surface area (Å²) in [6.45, 7) is 2.39. The van der Waals surface area contributed by atoms with Crippen LogP contribution in [0.3, 0.4) is 0 Å². The first-order valence-electron chi connectivity index (χ1n) is 10.8. The van der Waals surface area contributed by atoms with Crippen molar-refractivity contribution in [2.75, 3.05) is 33.7 Å². The highest BCUT2D eigenvalue weighted by Gasteiger charge is 2.50. The molecule has 2 aromatic rings. The molecular formula is C23H30N4O2. The van der Waals surface area contributed by atoms with Gasteiger partial charge in [0.2, 0.25) is 5.91 Å². The molecule has 3 aliphatic rings. The third-order valence-electron chi connectivity index (χ3n) is 7.14. The quantitative estimate of drug-likeness (QED) is 0.871. The number of H-pyrrole nitrogens is 1. The van der Waals surface area contributed by atoms with Gasteiger partial charge in [0, 0.05) is 60.8 Å². The Bertz CT molecular complexity index is 936. The van der Waals surface area contributed by atoms with E-state index in [1.807, 2.05) is 30.5 Å². The number of aromatic nitrogens is 1. The van der Waals surface area contributed by atoms with Gasteiger partial charge in [0.1, 0.15) is 0 Å². The van der Waals surface area contributed by atoms with E-state index in [4.69, 9.17) is 0 Å². The summed E-state index contributed by atoms with van der Waals surface area (Å²) in [7, 11) is 4.15. The van der Waals surface area contributed by atoms with E-state index >= 15 is 0 Å². The number of rotatable bonds is 3. The molecule has 3 saturated heterocycles. The number of nitrogens with zero attached hydrogens (tertiary/aromatic N) is 3. The van der Waals surface area contributed by atoms with Gasteiger partial charge >= 0.3 is 0 Å². The molecule has 2 bridgehead atoms. The lowest BCUT2D eigenvalue weighted by molar-refractivity contribution is -0.152. The largest absolute Gasteiger partial charge is 0.361 e. The van der Waals surface area contributed by atoms with Crippen LogP contribution in [0.4, 0.5) is 0 Å². The number of aromatic amines is 1. The van der Waals surface area contributed by atoms with Gasteiger partial charge in [0.15, 0.2) is 0 Å². The average molecular weight is 395 g/mol. The number of nitrogens with one attached hydrogen (secondary N) is 1. The van der Waals surface area contributed by atoms with Crippen molar-refractivity contribution in [2.45, 2.75) is 37.8 Å². The molecule has 6 heteroatoms. The summed E-state index contributed by atoms with van der Waals surface area (Å²) in [5.41, 5.74) is 1.82. The summed E-state index contributed by atoms with van der Waals surface area (Å²) >= 11 is 0. The molecule has 3 fully saturated rings. The lowest BCUT2D eigenvalue weighted by atomic mass is 9.72. The predicted octanol–water partition coefficient (Wildman–Crippen LogP) is 2.57. The lowest BCUT2D eigenvalue weighted by Crippen LogP contribution is -2.67. The third kappa shape index (κ3) is 3.23. The van der Waals surface area contributed by atoms with Crippen molar-refractivity contribution in [2.24, 2.45) is 11.8 Å². The molecule has 5 rings (SSSR count). The molecule has 0 radical (unpaired) electrons. The maximum absolute atomic E-state index is 13.4. The molecule has 29 heavy (non-hydrogen) atoms. The second-order valence-corrected chi connectivity index (χ2v) is 9.34. The van der Waals surface area contributed by atoms with E-state index in [9.17, 15) is 9.59 Å². The lowest BCUT2D eigenvalue weighted by Gasteiger charge is -2.57. The maximum atomic E-state index is 13.4. The van der Waals surface area contributed by atoms with Gasteiger partial charge in [-0.05, 0) is 69.5 Å². The molecule has 0 aliphatic carbocycles. The first-order chi connectivity index (χ1) is 14.0. The van der Waals surface area contributed by atoms with Crippen LogP contribution >= 0.6 is 0 Å². The zero-order valence-electron chi connectivity index (χ0n) is 17.3. The molecule has 6 nitrogen and oxygen atoms in total. The van der Waals surface area contributed by atoms with Crippen LogP contribution in [-0.4, -0.2) is 77.3 Å². The van der Waals surface area contributed by atoms with Gasteiger partial charge in [-0.15, -0.1) is 0 Å². The molecule has 154 valence electrons. The van der Waals surface area contributed by atoms with Gasteiger partial charge in [0.25, 0.3) is 5.91 Å². The summed E-state index contributed by atoms with van der Waals surface area (Å²) in [5, 5.41) is 1.07. The van der Waals surface area contributed by atoms with Crippen LogP contribution in [0.25, 0.3) is 10.9 Å². The van der Waals surface area contributed by atoms with E-state index < -0.39 is 0 Å². The Morgan fingerprint density at radius 2 is 2.03 bits per heavy atom. The minimum atomic E-state index is 0.127. The van der Waals surface area contributed by atoms with Crippen molar-refractivity contribution in [1.29, 1.82) is 0 Å². The van der Waals surface area contributed by atoms with Crippen molar-refractivity contribution in [3.8, 4) is 0 Å². The molecule has 1 aromatic heterocycles. The summed E-state index contributed by atoms with van der Waals surface area (Å²) in [6.07, 6.45) is 5.77. The first-order valence-corrected chi connectivity index (χ1v) is 10.8. The standard InChI is InChI=1S/C23H30N4O2/c1-25(2)14-21-18-11-17(20-4-3-5-22(28)27(20)21)12-26(13-18)23(29)16-6-7-19-15(10-16)8-9-24-19/h6-10,17-18,20-21,24H,3-5,11-14H2,1-2H3/t17-,18+,20+,21+/m1/s1. The Hall–Kier alpha value is -2.34. The SMILES string of the molecule is CN(C)C[C@H]1[C@H]2C[C@H](CN(C(=O)c3ccc4[nH]ccc4c3)C2)[C@@H]2CCCC(=O)N21. The number of fused-ring (bicyclic) bond motifs is 5. The number of benzene rings is 1. The Balaban J connectivity index is 1.43. The molecule has 2 amide bonds. The number of carbonyl (C=O) groups excluding carboxylic acids is 2. The van der Waals surface area contributed by atoms with Gasteiger partial charge < -0.3 is 19.7 Å². The smallest absolute Gasteiger partial charge is 0.253 e. The first kappa shape index (κ1) is 18.7. The number of hydrogen-bond acceptors (Lipinski definition) is 3. The van der Waals surface area contributed by atoms with E-state index in [0.717, 1.165) is 55.4 Å². The topological polar surface area (TPSA) is 59.7 Å². The van der Waals surface area contributed by atoms with Crippen LogP contribution in [0.1, 0.15) is 36.0 Å². The van der Waals surface area contributed by atoms with Crippen LogP contribution in [0, 0.1) is 11.8 Å². The molecule has 4 heterocycles. The molecule has 4 atom stereocenters. The summed E-state index contributed by atoms with van der Waals surface area (Å²) in [4.78, 5) is 35.8. The van der Waals surface area contributed by atoms with E-state index in [-0.39, 0.29) is 11.9 Å². The van der Waals surface area contributed by atoms with Gasteiger partial charge in [-0.2, -0.15) is 0 Å². The zero-order chi connectivity index (χ0) is 20.1. The Labute approximate surface area is 171 Å². The van der Waals surface area contributed by atoms with Crippen molar-refractivity contribution in [3.63, 3.8) is 0 Å². The fourth-order valence-corrected chi connectivity index (χ4v) is 5.92. The fraction of sp³-hybridized carbons (Fsp3) is 0.565. The van der Waals surface area contributed by atoms with Gasteiger partial charge in [0.05, 0.1) is 0 Å². The molecule has 1 aromatic carbocycles. The van der Waals surface area contributed by atoms with E-state index in [0.29, 0.717) is 30.2 Å². The summed E-state index contributed by atoms with van der Waals surface area (Å²) in [5.74, 6) is 1.20. The van der Waals surface area contributed by atoms with Crippen LogP contribution in [0.5, 0.6) is 0 Å². The maximum Gasteiger partial charge on any atom is 0.253 e. The normalized spacial score (nSPS) is 29.4. The van der Waals surface area contributed by atoms with Gasteiger partial charge in [-0.1, -0.05) is 0 Å². The zero-order valence-corrected chi connectivity index (χ0v) is 17.3. The molecule has 0 unspecified atom stereocenters. The number of hydrogen-bond donors (Lipinski definition) is 1. The molecular weight excluding hydrogens is 364 g/mol. The Morgan fingerprint density at radius 1 is 1.21 bits per heavy atom. The van der Waals surface area contributed by atoms with Crippen molar-refractivity contribution < 1.29 is 9.59 Å². The van der Waals surface area contributed by atoms with Crippen molar-refractivity contribution >= 4 is 22.7 Å². The van der Waals surface area contributed by atoms with E-state index in [1.54, 1.807) is 0 Å². The van der Waals surface area contributed by atoms with Gasteiger partial charge in [-0.25, -0.2) is 0 Å². The van der Waals surface area contributed by atoms with Crippen molar-refractivity contribution in [1.82, 2.24) is 19.7 Å². The Morgan fingerprint density at radius 3 is 2.86 bits per heavy atom. The van der Waals surface area contributed by atoms with Crippen LogP contribution in [-0.2, 0) is 4.79 Å². The van der Waals surface area contributed by atoms with E-state index in [1.165, 1.54) is 0 Å². The van der Waals surface area contributed by atoms with Crippen LogP contribution in [0.2, 0.25) is 0 Å². The number of amides is 2. The highest BCUT2D eigenvalue weighted by Crippen LogP contribution is 2.42. The number of carbonyl (C=O) groups is 2. The van der Waals surface area contributed by atoms with Crippen LogP contribution < -0.4 is 0 Å². The second-order valence-electron chi connectivity index (χ2n) is 9.34. The van der Waals surface area contributed by atoms with E-state index in [2.05, 4.69) is 33.8 Å². The monoisotopic (exact) mass is 394 g/mol. The Kier molecular flexibility index (Phi) is 4.62. The highest BCUT2D eigenvalue weighted by molar-refractivity contribution is 5.98. The minimum Gasteiger partial charge on any atom is -0.361 e. The van der Waals surface area contributed by atoms with Crippen molar-refractivity contribution in [3.05, 3.63) is 36.0 Å². The second kappa shape index (κ2) is 7.17. The minimum absolute atomic E-state index is 0.127. The predicted molar refractivity (Wildman–Crippen MR) is 113 cm³/mol. The van der Waals surface area contributed by atoms with Crippen LogP contribution in [0.15, 0.2) is 30.5 Å². The molecule has 0 saturated carbocycles. The third-order valence-corrected chi connectivity index (χ3v) is 7.14. The number of likely N-dealkylation sites (tertiary alicyclic amines) is 1. The summed E-state index contributed by atoms with van der Waals surface area (Å²) in [6, 6.07) is 8.42. The number of likely N-dealkylation sites (N-methyl/N-ethyl adjacent to an activating group) is 1. The number of piperidine rings is 3. The fourth-order valence-electron chi connectivity index (χ4n) is 5.92. The molecule has 1 N–H and O–H groups in total. The highest BCUT2D eigenvalue weighted by atomic mass is 16.2.